The molecule has 0 saturated carbocycles. The average Bonchev–Trinajstić information content (AvgIpc) is 3.10. The van der Waals surface area contributed by atoms with E-state index in [0.717, 1.165) is 28.9 Å². The minimum atomic E-state index is 0.332. The molecule has 0 aliphatic rings. The van der Waals surface area contributed by atoms with Gasteiger partial charge in [0.05, 0.1) is 14.2 Å². The Labute approximate surface area is 268 Å². The van der Waals surface area contributed by atoms with E-state index in [0.29, 0.717) is 17.6 Å². The van der Waals surface area contributed by atoms with E-state index >= 15 is 0 Å². The van der Waals surface area contributed by atoms with Crippen LogP contribution in [-0.4, -0.2) is 19.3 Å². The van der Waals surface area contributed by atoms with E-state index < -0.39 is 0 Å². The highest BCUT2D eigenvalue weighted by molar-refractivity contribution is 5.86. The summed E-state index contributed by atoms with van der Waals surface area (Å²) in [7, 11) is 3.38. The minimum absolute atomic E-state index is 0.332. The molecule has 0 heterocycles. The quantitative estimate of drug-likeness (QED) is 0.199. The van der Waals surface area contributed by atoms with E-state index in [1.165, 1.54) is 44.5 Å². The molecule has 1 N–H and O–H groups in total. The molecular weight excluding hydrogens is 552 g/mol. The summed E-state index contributed by atoms with van der Waals surface area (Å²) in [6.45, 7) is 12.7. The maximum absolute atomic E-state index is 9.35. The van der Waals surface area contributed by atoms with Crippen molar-refractivity contribution in [3.05, 3.63) is 132 Å². The predicted molar refractivity (Wildman–Crippen MR) is 194 cm³/mol. The first-order valence-electron chi connectivity index (χ1n) is 15.8. The van der Waals surface area contributed by atoms with Gasteiger partial charge in [0, 0.05) is 0 Å². The molecule has 0 amide bonds. The molecule has 0 fully saturated rings. The zero-order valence-corrected chi connectivity index (χ0v) is 27.5. The number of hydrogen-bond donors (Lipinski definition) is 1. The van der Waals surface area contributed by atoms with Crippen LogP contribution in [0.2, 0.25) is 0 Å². The second kappa shape index (κ2) is 15.8. The second-order valence-electron chi connectivity index (χ2n) is 11.6. The van der Waals surface area contributed by atoms with E-state index in [-0.39, 0.29) is 0 Å². The van der Waals surface area contributed by atoms with Crippen molar-refractivity contribution in [1.29, 1.82) is 0 Å². The van der Waals surface area contributed by atoms with E-state index in [1.807, 2.05) is 30.3 Å². The van der Waals surface area contributed by atoms with Gasteiger partial charge in [0.15, 0.2) is 0 Å². The van der Waals surface area contributed by atoms with Crippen LogP contribution in [0.25, 0.3) is 38.4 Å². The molecule has 6 aromatic rings. The molecule has 0 aromatic heterocycles. The predicted octanol–water partition coefficient (Wildman–Crippen LogP) is 11.9. The van der Waals surface area contributed by atoms with Crippen LogP contribution in [0.1, 0.15) is 69.1 Å². The molecule has 0 spiro atoms. The van der Waals surface area contributed by atoms with E-state index in [1.54, 1.807) is 26.4 Å². The molecule has 6 rings (SSSR count). The zero-order valence-electron chi connectivity index (χ0n) is 27.5. The normalized spacial score (nSPS) is 12.0. The van der Waals surface area contributed by atoms with Gasteiger partial charge in [-0.1, -0.05) is 107 Å². The molecule has 6 aromatic carbocycles. The summed E-state index contributed by atoms with van der Waals surface area (Å²) in [5, 5.41) is 16.6. The molecule has 232 valence electrons. The number of hydrogen-bond acceptors (Lipinski definition) is 3. The number of methoxy groups -OCH3 is 2. The van der Waals surface area contributed by atoms with Crippen LogP contribution in [0.5, 0.6) is 17.2 Å². The highest BCUT2D eigenvalue weighted by Gasteiger charge is 2.05. The van der Waals surface area contributed by atoms with E-state index in [2.05, 4.69) is 107 Å². The van der Waals surface area contributed by atoms with Crippen molar-refractivity contribution in [3.63, 3.8) is 0 Å². The van der Waals surface area contributed by atoms with Gasteiger partial charge in [-0.3, -0.25) is 0 Å². The fourth-order valence-corrected chi connectivity index (χ4v) is 5.20. The molecule has 0 saturated heterocycles. The lowest BCUT2D eigenvalue weighted by molar-refractivity contribution is 0.415. The monoisotopic (exact) mass is 598 g/mol. The van der Waals surface area contributed by atoms with Crippen LogP contribution in [0.3, 0.4) is 0 Å². The number of ether oxygens (including phenoxy) is 2. The Balaban J connectivity index is 0.000000154. The van der Waals surface area contributed by atoms with Gasteiger partial charge in [0.2, 0.25) is 0 Å². The molecule has 2 unspecified atom stereocenters. The van der Waals surface area contributed by atoms with Gasteiger partial charge in [0.1, 0.15) is 17.2 Å². The Bertz CT molecular complexity index is 1870. The fourth-order valence-electron chi connectivity index (χ4n) is 5.20. The van der Waals surface area contributed by atoms with Crippen LogP contribution in [0, 0.1) is 0 Å². The number of phenols is 1. The van der Waals surface area contributed by atoms with Crippen molar-refractivity contribution in [2.24, 2.45) is 0 Å². The van der Waals surface area contributed by atoms with Crippen LogP contribution in [0.15, 0.2) is 116 Å². The summed E-state index contributed by atoms with van der Waals surface area (Å²) in [5.74, 6) is 3.38. The molecule has 0 aliphatic carbocycles. The Morgan fingerprint density at radius 3 is 1.42 bits per heavy atom. The standard InChI is InChI=1S/C15H18O.C14H16O.C13H12O/c1-4-11(2)12-5-6-14-10-15(16-3)8-7-13(14)9-12;1-3-10(2)11-4-5-13-9-14(15)7-6-12(13)8-11;1-3-10-4-5-12-9-13(14-2)7-6-11(12)8-10/h5-11H,4H2,1-3H3;4-10,15H,3H2,1-2H3;3-9H,1H2,2H3. The van der Waals surface area contributed by atoms with Gasteiger partial charge in [-0.15, -0.1) is 0 Å². The van der Waals surface area contributed by atoms with Crippen LogP contribution < -0.4 is 9.47 Å². The SMILES string of the molecule is C=Cc1ccc2cc(OC)ccc2c1.CCC(C)c1ccc2cc(O)ccc2c1.CCC(C)c1ccc2cc(OC)ccc2c1. The summed E-state index contributed by atoms with van der Waals surface area (Å²) in [4.78, 5) is 0. The average molecular weight is 599 g/mol. The topological polar surface area (TPSA) is 38.7 Å². The van der Waals surface area contributed by atoms with Gasteiger partial charge < -0.3 is 14.6 Å². The number of benzene rings is 6. The summed E-state index contributed by atoms with van der Waals surface area (Å²) < 4.78 is 10.4. The first kappa shape index (κ1) is 33.1. The third-order valence-corrected chi connectivity index (χ3v) is 8.59. The lowest BCUT2D eigenvalue weighted by atomic mass is 9.96. The van der Waals surface area contributed by atoms with Gasteiger partial charge >= 0.3 is 0 Å². The third kappa shape index (κ3) is 8.67. The number of aromatic hydroxyl groups is 1. The Morgan fingerprint density at radius 2 is 0.956 bits per heavy atom. The molecular formula is C42H46O3. The Morgan fingerprint density at radius 1 is 0.556 bits per heavy atom. The van der Waals surface area contributed by atoms with Crippen LogP contribution in [-0.2, 0) is 0 Å². The van der Waals surface area contributed by atoms with Crippen molar-refractivity contribution in [2.75, 3.05) is 14.2 Å². The molecule has 0 bridgehead atoms. The zero-order chi connectivity index (χ0) is 32.3. The highest BCUT2D eigenvalue weighted by Crippen LogP contribution is 2.27. The maximum atomic E-state index is 9.35. The van der Waals surface area contributed by atoms with Crippen molar-refractivity contribution < 1.29 is 14.6 Å². The van der Waals surface area contributed by atoms with E-state index in [9.17, 15) is 5.11 Å². The first-order valence-corrected chi connectivity index (χ1v) is 15.8. The Hall–Kier alpha value is -4.76. The third-order valence-electron chi connectivity index (χ3n) is 8.59. The van der Waals surface area contributed by atoms with Crippen molar-refractivity contribution >= 4 is 38.4 Å². The molecule has 3 heteroatoms. The summed E-state index contributed by atoms with van der Waals surface area (Å²) in [6, 6.07) is 37.1. The molecule has 0 aliphatic heterocycles. The summed E-state index contributed by atoms with van der Waals surface area (Å²) in [5.41, 5.74) is 3.93. The van der Waals surface area contributed by atoms with Gasteiger partial charge in [-0.2, -0.15) is 0 Å². The molecule has 0 radical (unpaired) electrons. The first-order chi connectivity index (χ1) is 21.8. The van der Waals surface area contributed by atoms with Gasteiger partial charge in [-0.25, -0.2) is 0 Å². The minimum Gasteiger partial charge on any atom is -0.508 e. The summed E-state index contributed by atoms with van der Waals surface area (Å²) in [6.07, 6.45) is 4.19. The summed E-state index contributed by atoms with van der Waals surface area (Å²) >= 11 is 0. The Kier molecular flexibility index (Phi) is 11.6. The van der Waals surface area contributed by atoms with Gasteiger partial charge in [0.25, 0.3) is 0 Å². The van der Waals surface area contributed by atoms with Gasteiger partial charge in [-0.05, 0) is 116 Å². The molecule has 2 atom stereocenters. The number of phenolic OH excluding ortho intramolecular Hbond substituents is 1. The lowest BCUT2D eigenvalue weighted by Gasteiger charge is -2.10. The van der Waals surface area contributed by atoms with Crippen molar-refractivity contribution in [3.8, 4) is 17.2 Å². The molecule has 3 nitrogen and oxygen atoms in total. The number of rotatable bonds is 7. The van der Waals surface area contributed by atoms with E-state index in [4.69, 9.17) is 9.47 Å². The lowest BCUT2D eigenvalue weighted by Crippen LogP contribution is -1.91. The smallest absolute Gasteiger partial charge is 0.119 e. The van der Waals surface area contributed by atoms with Crippen LogP contribution >= 0.6 is 0 Å². The fraction of sp³-hybridized carbons (Fsp3) is 0.238. The highest BCUT2D eigenvalue weighted by atomic mass is 16.5. The van der Waals surface area contributed by atoms with Crippen molar-refractivity contribution in [1.82, 2.24) is 0 Å². The maximum Gasteiger partial charge on any atom is 0.119 e. The largest absolute Gasteiger partial charge is 0.508 e. The molecule has 45 heavy (non-hydrogen) atoms. The second-order valence-corrected chi connectivity index (χ2v) is 11.6. The van der Waals surface area contributed by atoms with Crippen LogP contribution in [0.4, 0.5) is 0 Å². The van der Waals surface area contributed by atoms with Crippen molar-refractivity contribution in [2.45, 2.75) is 52.4 Å². The number of fused-ring (bicyclic) bond motifs is 3.